The third-order valence-corrected chi connectivity index (χ3v) is 3.62. The largest absolute Gasteiger partial charge is 0.486 e. The van der Waals surface area contributed by atoms with E-state index in [0.717, 1.165) is 12.1 Å². The molecule has 136 valence electrons. The van der Waals surface area contributed by atoms with Crippen LogP contribution >= 0.6 is 0 Å². The lowest BCUT2D eigenvalue weighted by atomic mass is 10.2. The Morgan fingerprint density at radius 1 is 1.08 bits per heavy atom. The van der Waals surface area contributed by atoms with Gasteiger partial charge in [0.25, 0.3) is 5.91 Å². The van der Waals surface area contributed by atoms with Crippen molar-refractivity contribution < 1.29 is 32.6 Å². The summed E-state index contributed by atoms with van der Waals surface area (Å²) in [5, 5.41) is 2.24. The first-order valence-electron chi connectivity index (χ1n) is 7.80. The Labute approximate surface area is 147 Å². The van der Waals surface area contributed by atoms with E-state index < -0.39 is 29.6 Å². The maximum atomic E-state index is 13.6. The van der Waals surface area contributed by atoms with Crippen LogP contribution in [0.2, 0.25) is 0 Å². The first-order valence-corrected chi connectivity index (χ1v) is 7.80. The van der Waals surface area contributed by atoms with Gasteiger partial charge in [-0.15, -0.1) is 0 Å². The summed E-state index contributed by atoms with van der Waals surface area (Å²) >= 11 is 0. The Hall–Kier alpha value is -3.16. The molecule has 1 amide bonds. The van der Waals surface area contributed by atoms with Gasteiger partial charge in [-0.05, 0) is 37.3 Å². The van der Waals surface area contributed by atoms with Crippen molar-refractivity contribution in [2.24, 2.45) is 0 Å². The smallest absolute Gasteiger partial charge is 0.339 e. The van der Waals surface area contributed by atoms with E-state index in [1.54, 1.807) is 6.07 Å². The SMILES string of the molecule is CC(OC(=O)c1ccc2c(c1)OCCO2)C(=O)Nc1ccc(F)cc1F. The Morgan fingerprint density at radius 3 is 2.54 bits per heavy atom. The fraction of sp³-hybridized carbons (Fsp3) is 0.222. The van der Waals surface area contributed by atoms with Crippen LogP contribution in [0.25, 0.3) is 0 Å². The first-order chi connectivity index (χ1) is 12.4. The number of carbonyl (C=O) groups excluding carboxylic acids is 2. The number of rotatable bonds is 4. The predicted molar refractivity (Wildman–Crippen MR) is 87.3 cm³/mol. The lowest BCUT2D eigenvalue weighted by molar-refractivity contribution is -0.123. The van der Waals surface area contributed by atoms with Gasteiger partial charge in [0.1, 0.15) is 24.8 Å². The molecule has 1 aliphatic rings. The molecule has 0 spiro atoms. The highest BCUT2D eigenvalue weighted by atomic mass is 19.1. The molecule has 3 rings (SSSR count). The summed E-state index contributed by atoms with van der Waals surface area (Å²) in [5.41, 5.74) is -0.0273. The number of fused-ring (bicyclic) bond motifs is 1. The van der Waals surface area contributed by atoms with Crippen molar-refractivity contribution in [3.8, 4) is 11.5 Å². The molecule has 0 bridgehead atoms. The third-order valence-electron chi connectivity index (χ3n) is 3.62. The lowest BCUT2D eigenvalue weighted by Gasteiger charge is -2.19. The van der Waals surface area contributed by atoms with Gasteiger partial charge in [-0.25, -0.2) is 13.6 Å². The van der Waals surface area contributed by atoms with Crippen molar-refractivity contribution >= 4 is 17.6 Å². The van der Waals surface area contributed by atoms with E-state index in [4.69, 9.17) is 14.2 Å². The van der Waals surface area contributed by atoms with Crippen LogP contribution in [0.15, 0.2) is 36.4 Å². The highest BCUT2D eigenvalue weighted by Crippen LogP contribution is 2.31. The summed E-state index contributed by atoms with van der Waals surface area (Å²) in [7, 11) is 0. The number of carbonyl (C=O) groups is 2. The summed E-state index contributed by atoms with van der Waals surface area (Å²) < 4.78 is 42.3. The van der Waals surface area contributed by atoms with Gasteiger partial charge in [0, 0.05) is 6.07 Å². The van der Waals surface area contributed by atoms with Crippen LogP contribution in [0.5, 0.6) is 11.5 Å². The number of nitrogens with one attached hydrogen (secondary N) is 1. The molecular weight excluding hydrogens is 348 g/mol. The topological polar surface area (TPSA) is 73.9 Å². The molecule has 2 aromatic rings. The summed E-state index contributed by atoms with van der Waals surface area (Å²) in [4.78, 5) is 24.2. The highest BCUT2D eigenvalue weighted by molar-refractivity contribution is 5.97. The van der Waals surface area contributed by atoms with E-state index in [0.29, 0.717) is 30.8 Å². The summed E-state index contributed by atoms with van der Waals surface area (Å²) in [6, 6.07) is 7.24. The van der Waals surface area contributed by atoms with Crippen LogP contribution < -0.4 is 14.8 Å². The molecule has 1 heterocycles. The second-order valence-electron chi connectivity index (χ2n) is 5.52. The van der Waals surface area contributed by atoms with Crippen LogP contribution in [-0.4, -0.2) is 31.2 Å². The average molecular weight is 363 g/mol. The molecular formula is C18H15F2NO5. The zero-order valence-corrected chi connectivity index (χ0v) is 13.8. The van der Waals surface area contributed by atoms with E-state index >= 15 is 0 Å². The quantitative estimate of drug-likeness (QED) is 0.846. The summed E-state index contributed by atoms with van der Waals surface area (Å²) in [6.07, 6.45) is -1.19. The first kappa shape index (κ1) is 17.7. The number of benzene rings is 2. The van der Waals surface area contributed by atoms with Crippen molar-refractivity contribution in [2.45, 2.75) is 13.0 Å². The molecule has 0 aromatic heterocycles. The molecule has 0 fully saturated rings. The Balaban J connectivity index is 1.64. The maximum absolute atomic E-state index is 13.6. The van der Waals surface area contributed by atoms with Gasteiger partial charge in [-0.2, -0.15) is 0 Å². The lowest BCUT2D eigenvalue weighted by Crippen LogP contribution is -2.30. The summed E-state index contributed by atoms with van der Waals surface area (Å²) in [6.45, 7) is 2.13. The number of halogens is 2. The second kappa shape index (κ2) is 7.38. The monoisotopic (exact) mass is 363 g/mol. The Kier molecular flexibility index (Phi) is 5.01. The number of hydrogen-bond donors (Lipinski definition) is 1. The Bertz CT molecular complexity index is 855. The minimum absolute atomic E-state index is 0.182. The average Bonchev–Trinajstić information content (AvgIpc) is 2.63. The van der Waals surface area contributed by atoms with Gasteiger partial charge >= 0.3 is 5.97 Å². The molecule has 2 aromatic carbocycles. The minimum atomic E-state index is -1.19. The van der Waals surface area contributed by atoms with Crippen LogP contribution in [0.4, 0.5) is 14.5 Å². The van der Waals surface area contributed by atoms with E-state index in [2.05, 4.69) is 5.32 Å². The molecule has 1 atom stereocenters. The molecule has 26 heavy (non-hydrogen) atoms. The highest BCUT2D eigenvalue weighted by Gasteiger charge is 2.22. The molecule has 0 aliphatic carbocycles. The van der Waals surface area contributed by atoms with Gasteiger partial charge in [0.05, 0.1) is 11.3 Å². The van der Waals surface area contributed by atoms with Gasteiger partial charge < -0.3 is 19.5 Å². The molecule has 8 heteroatoms. The van der Waals surface area contributed by atoms with Gasteiger partial charge in [-0.3, -0.25) is 4.79 Å². The van der Waals surface area contributed by atoms with Gasteiger partial charge in [-0.1, -0.05) is 0 Å². The van der Waals surface area contributed by atoms with Crippen molar-refractivity contribution in [3.05, 3.63) is 53.6 Å². The number of amides is 1. The van der Waals surface area contributed by atoms with Crippen molar-refractivity contribution in [1.29, 1.82) is 0 Å². The summed E-state index contributed by atoms with van der Waals surface area (Å²) in [5.74, 6) is -2.26. The van der Waals surface area contributed by atoms with E-state index in [1.165, 1.54) is 19.1 Å². The number of hydrogen-bond acceptors (Lipinski definition) is 5. The predicted octanol–water partition coefficient (Wildman–Crippen LogP) is 2.92. The zero-order valence-electron chi connectivity index (χ0n) is 13.8. The zero-order chi connectivity index (χ0) is 18.7. The van der Waals surface area contributed by atoms with E-state index in [1.807, 2.05) is 0 Å². The third kappa shape index (κ3) is 3.90. The number of anilines is 1. The van der Waals surface area contributed by atoms with Crippen molar-refractivity contribution in [1.82, 2.24) is 0 Å². The van der Waals surface area contributed by atoms with Crippen molar-refractivity contribution in [3.63, 3.8) is 0 Å². The molecule has 0 saturated carbocycles. The molecule has 6 nitrogen and oxygen atoms in total. The molecule has 0 radical (unpaired) electrons. The van der Waals surface area contributed by atoms with Crippen LogP contribution in [0, 0.1) is 11.6 Å². The molecule has 1 unspecified atom stereocenters. The second-order valence-corrected chi connectivity index (χ2v) is 5.52. The van der Waals surface area contributed by atoms with Crippen LogP contribution in [0.1, 0.15) is 17.3 Å². The van der Waals surface area contributed by atoms with Crippen LogP contribution in [0.3, 0.4) is 0 Å². The van der Waals surface area contributed by atoms with E-state index in [-0.39, 0.29) is 11.3 Å². The van der Waals surface area contributed by atoms with Crippen LogP contribution in [-0.2, 0) is 9.53 Å². The molecule has 1 aliphatic heterocycles. The van der Waals surface area contributed by atoms with Gasteiger partial charge in [0.15, 0.2) is 17.6 Å². The van der Waals surface area contributed by atoms with Crippen molar-refractivity contribution in [2.75, 3.05) is 18.5 Å². The standard InChI is InChI=1S/C18H15F2NO5/c1-10(17(22)21-14-4-3-12(19)9-13(14)20)26-18(23)11-2-5-15-16(8-11)25-7-6-24-15/h2-5,8-10H,6-7H2,1H3,(H,21,22). The normalized spacial score (nSPS) is 13.7. The fourth-order valence-electron chi connectivity index (χ4n) is 2.28. The van der Waals surface area contributed by atoms with E-state index in [9.17, 15) is 18.4 Å². The minimum Gasteiger partial charge on any atom is -0.486 e. The number of esters is 1. The fourth-order valence-corrected chi connectivity index (χ4v) is 2.28. The Morgan fingerprint density at radius 2 is 1.81 bits per heavy atom. The van der Waals surface area contributed by atoms with Gasteiger partial charge in [0.2, 0.25) is 0 Å². The number of ether oxygens (including phenoxy) is 3. The molecule has 1 N–H and O–H groups in total. The molecule has 0 saturated heterocycles. The maximum Gasteiger partial charge on any atom is 0.339 e.